The Morgan fingerprint density at radius 2 is 1.75 bits per heavy atom. The summed E-state index contributed by atoms with van der Waals surface area (Å²) in [5.41, 5.74) is 5.57. The van der Waals surface area contributed by atoms with Gasteiger partial charge in [0.1, 0.15) is 11.9 Å². The predicted octanol–water partition coefficient (Wildman–Crippen LogP) is -0.0350. The molecule has 1 amide bonds. The van der Waals surface area contributed by atoms with E-state index in [-0.39, 0.29) is 18.7 Å². The first-order valence-electron chi connectivity index (χ1n) is 11.9. The topological polar surface area (TPSA) is 214 Å². The number of hydrogen-bond donors (Lipinski definition) is 4. The number of nitrogen functional groups attached to an aromatic ring is 1. The van der Waals surface area contributed by atoms with Crippen LogP contribution in [0.5, 0.6) is 0 Å². The number of aliphatic hydroxyl groups is 2. The highest BCUT2D eigenvalue weighted by Gasteiger charge is 2.68. The number of nitrogens with two attached hydrogens (primary N) is 2. The number of carbonyl (C=O) groups is 1. The molecule has 2 fully saturated rings. The van der Waals surface area contributed by atoms with Gasteiger partial charge in [-0.2, -0.15) is 24.3 Å². The molecular formula is C23H27F4N7O6. The van der Waals surface area contributed by atoms with Crippen molar-refractivity contribution in [2.24, 2.45) is 11.7 Å². The predicted molar refractivity (Wildman–Crippen MR) is 126 cm³/mol. The van der Waals surface area contributed by atoms with E-state index in [0.717, 1.165) is 17.2 Å². The van der Waals surface area contributed by atoms with Crippen molar-refractivity contribution in [2.75, 3.05) is 12.3 Å². The van der Waals surface area contributed by atoms with E-state index in [4.69, 9.17) is 31.3 Å². The SMILES string of the molecule is CC[C@@]1(C#N)O[C@@H](N2C=CC(N)CC2=O)C(F)(F)[C@@H]1C.N#C[C@]1(CO)O[C@@H](n2ccc(N)nc2=O)C(F)(F)[C@@H]1O. The second-order valence-corrected chi connectivity index (χ2v) is 9.48. The number of aromatic nitrogens is 2. The van der Waals surface area contributed by atoms with Crippen LogP contribution in [0.4, 0.5) is 23.4 Å². The zero-order chi connectivity index (χ0) is 30.3. The Morgan fingerprint density at radius 1 is 1.15 bits per heavy atom. The standard InChI is InChI=1S/C13H17F2N3O2.C10H10F2N4O4/c1-3-12(7-16)8(2)13(14,15)11(20-12)18-5-4-9(17)6-10(18)19;11-10(12)6(18)9(3-13,4-17)20-7(10)16-2-1-5(14)15-8(16)19/h4-5,8-9,11H,3,6,17H2,1-2H3;1-2,6-7,17-18H,4H2,(H2,14,15,19)/t8-,9?,11-,12+;6-,7-,9-/m11/s1. The molecule has 0 radical (unpaired) electrons. The average Bonchev–Trinajstić information content (AvgIpc) is 3.23. The highest BCUT2D eigenvalue weighted by molar-refractivity contribution is 5.79. The molecule has 0 saturated carbocycles. The zero-order valence-electron chi connectivity index (χ0n) is 21.2. The number of ether oxygens (including phenoxy) is 2. The summed E-state index contributed by atoms with van der Waals surface area (Å²) in [5.74, 6) is -9.27. The number of carbonyl (C=O) groups excluding carboxylic acids is 1. The lowest BCUT2D eigenvalue weighted by Gasteiger charge is -2.32. The molecule has 218 valence electrons. The third-order valence-electron chi connectivity index (χ3n) is 7.07. The number of halogens is 4. The number of hydrogen-bond acceptors (Lipinski definition) is 11. The van der Waals surface area contributed by atoms with Crippen LogP contribution in [0, 0.1) is 28.6 Å². The van der Waals surface area contributed by atoms with E-state index in [2.05, 4.69) is 4.98 Å². The summed E-state index contributed by atoms with van der Waals surface area (Å²) in [6, 6.07) is 3.74. The van der Waals surface area contributed by atoms with Gasteiger partial charge in [-0.05, 0) is 12.5 Å². The average molecular weight is 574 g/mol. The summed E-state index contributed by atoms with van der Waals surface area (Å²) in [7, 11) is 0. The third-order valence-corrected chi connectivity index (χ3v) is 7.07. The smallest absolute Gasteiger partial charge is 0.351 e. The molecule has 1 unspecified atom stereocenters. The van der Waals surface area contributed by atoms with Crippen molar-refractivity contribution < 1.29 is 42.0 Å². The molecule has 0 bridgehead atoms. The minimum Gasteiger partial charge on any atom is -0.392 e. The summed E-state index contributed by atoms with van der Waals surface area (Å²) in [5, 5.41) is 36.6. The molecule has 40 heavy (non-hydrogen) atoms. The minimum absolute atomic E-state index is 0.0491. The molecule has 4 heterocycles. The Balaban J connectivity index is 0.000000220. The fourth-order valence-corrected chi connectivity index (χ4v) is 4.49. The fraction of sp³-hybridized carbons (Fsp3) is 0.609. The van der Waals surface area contributed by atoms with E-state index in [1.807, 2.05) is 6.07 Å². The van der Waals surface area contributed by atoms with Crippen molar-refractivity contribution in [3.63, 3.8) is 0 Å². The van der Waals surface area contributed by atoms with Gasteiger partial charge in [0, 0.05) is 24.9 Å². The van der Waals surface area contributed by atoms with Gasteiger partial charge in [0.05, 0.1) is 18.6 Å². The highest BCUT2D eigenvalue weighted by Crippen LogP contribution is 2.50. The lowest BCUT2D eigenvalue weighted by atomic mass is 9.85. The lowest BCUT2D eigenvalue weighted by Crippen LogP contribution is -2.50. The molecule has 0 aliphatic carbocycles. The molecule has 4 rings (SSSR count). The van der Waals surface area contributed by atoms with Gasteiger partial charge in [-0.15, -0.1) is 0 Å². The van der Waals surface area contributed by atoms with E-state index < -0.39 is 71.8 Å². The maximum Gasteiger partial charge on any atom is 0.351 e. The van der Waals surface area contributed by atoms with Gasteiger partial charge >= 0.3 is 11.6 Å². The van der Waals surface area contributed by atoms with E-state index in [1.54, 1.807) is 6.92 Å². The van der Waals surface area contributed by atoms with Gasteiger partial charge in [-0.25, -0.2) is 13.6 Å². The van der Waals surface area contributed by atoms with Crippen molar-refractivity contribution in [3.8, 4) is 12.1 Å². The van der Waals surface area contributed by atoms with Crippen LogP contribution in [0.15, 0.2) is 29.3 Å². The first kappa shape index (κ1) is 30.9. The van der Waals surface area contributed by atoms with E-state index in [9.17, 15) is 37.5 Å². The monoisotopic (exact) mass is 573 g/mol. The zero-order valence-corrected chi connectivity index (χ0v) is 21.2. The number of alkyl halides is 4. The first-order chi connectivity index (χ1) is 18.6. The summed E-state index contributed by atoms with van der Waals surface area (Å²) >= 11 is 0. The normalized spacial score (nSPS) is 35.9. The van der Waals surface area contributed by atoms with Gasteiger partial charge in [0.25, 0.3) is 5.92 Å². The minimum atomic E-state index is -3.97. The van der Waals surface area contributed by atoms with Crippen LogP contribution >= 0.6 is 0 Å². The van der Waals surface area contributed by atoms with Gasteiger partial charge in [-0.3, -0.25) is 14.3 Å². The Morgan fingerprint density at radius 3 is 2.20 bits per heavy atom. The van der Waals surface area contributed by atoms with Crippen LogP contribution in [0.1, 0.15) is 32.9 Å². The largest absolute Gasteiger partial charge is 0.392 e. The second kappa shape index (κ2) is 10.8. The van der Waals surface area contributed by atoms with Crippen LogP contribution in [0.3, 0.4) is 0 Å². The quantitative estimate of drug-likeness (QED) is 0.351. The fourth-order valence-electron chi connectivity index (χ4n) is 4.49. The number of amides is 1. The van der Waals surface area contributed by atoms with Crippen molar-refractivity contribution >= 4 is 11.7 Å². The third kappa shape index (κ3) is 4.91. The molecule has 1 aromatic rings. The first-order valence-corrected chi connectivity index (χ1v) is 11.9. The molecule has 13 nitrogen and oxygen atoms in total. The summed E-state index contributed by atoms with van der Waals surface area (Å²) in [6.07, 6.45) is -2.94. The molecule has 0 spiro atoms. The van der Waals surface area contributed by atoms with Gasteiger partial charge in [0.15, 0.2) is 11.7 Å². The number of nitrogens with zero attached hydrogens (tertiary/aromatic N) is 5. The van der Waals surface area contributed by atoms with Crippen molar-refractivity contribution in [1.82, 2.24) is 14.5 Å². The molecule has 3 aliphatic heterocycles. The molecule has 2 saturated heterocycles. The highest BCUT2D eigenvalue weighted by atomic mass is 19.3. The summed E-state index contributed by atoms with van der Waals surface area (Å²) in [6.45, 7) is 1.73. The number of nitriles is 2. The number of anilines is 1. The van der Waals surface area contributed by atoms with Crippen LogP contribution in [0.25, 0.3) is 0 Å². The maximum absolute atomic E-state index is 14.4. The Bertz CT molecular complexity index is 1310. The molecule has 1 aromatic heterocycles. The van der Waals surface area contributed by atoms with Gasteiger partial charge in [-0.1, -0.05) is 19.9 Å². The van der Waals surface area contributed by atoms with E-state index >= 15 is 0 Å². The molecule has 3 aliphatic rings. The summed E-state index contributed by atoms with van der Waals surface area (Å²) in [4.78, 5) is 27.5. The van der Waals surface area contributed by atoms with Gasteiger partial charge < -0.3 is 31.2 Å². The van der Waals surface area contributed by atoms with Crippen molar-refractivity contribution in [2.45, 2.75) is 74.3 Å². The van der Waals surface area contributed by atoms with Crippen LogP contribution in [0.2, 0.25) is 0 Å². The molecular weight excluding hydrogens is 546 g/mol. The second-order valence-electron chi connectivity index (χ2n) is 9.48. The Labute approximate surface area is 224 Å². The summed E-state index contributed by atoms with van der Waals surface area (Å²) < 4.78 is 67.2. The number of aliphatic hydroxyl groups excluding tert-OH is 2. The molecule has 6 N–H and O–H groups in total. The van der Waals surface area contributed by atoms with Gasteiger partial charge in [0.2, 0.25) is 24.0 Å². The van der Waals surface area contributed by atoms with E-state index in [0.29, 0.717) is 4.57 Å². The molecule has 7 atom stereocenters. The Kier molecular flexibility index (Phi) is 8.31. The molecule has 0 aromatic carbocycles. The number of rotatable bonds is 4. The van der Waals surface area contributed by atoms with Crippen LogP contribution in [-0.2, 0) is 14.3 Å². The van der Waals surface area contributed by atoms with Crippen LogP contribution in [-0.4, -0.2) is 78.6 Å². The lowest BCUT2D eigenvalue weighted by molar-refractivity contribution is -0.170. The van der Waals surface area contributed by atoms with E-state index in [1.165, 1.54) is 25.3 Å². The maximum atomic E-state index is 14.4. The Hall–Kier alpha value is -3.61. The van der Waals surface area contributed by atoms with Crippen molar-refractivity contribution in [3.05, 3.63) is 35.0 Å². The molecule has 17 heteroatoms. The van der Waals surface area contributed by atoms with Crippen LogP contribution < -0.4 is 17.2 Å². The van der Waals surface area contributed by atoms with Crippen molar-refractivity contribution in [1.29, 1.82) is 10.5 Å².